The molecule has 19 heavy (non-hydrogen) atoms. The summed E-state index contributed by atoms with van der Waals surface area (Å²) in [6.45, 7) is 0.149. The number of rotatable bonds is 4. The van der Waals surface area contributed by atoms with Gasteiger partial charge in [-0.3, -0.25) is 15.1 Å². The first-order valence-corrected chi connectivity index (χ1v) is 6.04. The molecule has 2 aromatic rings. The average molecular weight is 327 g/mol. The Morgan fingerprint density at radius 2 is 2.16 bits per heavy atom. The molecule has 0 aliphatic heterocycles. The van der Waals surface area contributed by atoms with Crippen molar-refractivity contribution in [3.63, 3.8) is 0 Å². The molecule has 0 N–H and O–H groups in total. The maximum absolute atomic E-state index is 13.7. The predicted octanol–water partition coefficient (Wildman–Crippen LogP) is 3.47. The van der Waals surface area contributed by atoms with E-state index in [1.165, 1.54) is 6.07 Å². The average Bonchev–Trinajstić information content (AvgIpc) is 2.41. The van der Waals surface area contributed by atoms with Crippen LogP contribution in [0, 0.1) is 15.9 Å². The van der Waals surface area contributed by atoms with Crippen molar-refractivity contribution in [1.29, 1.82) is 0 Å². The summed E-state index contributed by atoms with van der Waals surface area (Å²) in [5.74, 6) is -0.766. The van der Waals surface area contributed by atoms with Gasteiger partial charge in [0.05, 0.1) is 10.6 Å². The van der Waals surface area contributed by atoms with Crippen molar-refractivity contribution in [2.45, 2.75) is 6.61 Å². The summed E-state index contributed by atoms with van der Waals surface area (Å²) in [6.07, 6.45) is 1.62. The Morgan fingerprint density at radius 3 is 2.79 bits per heavy atom. The van der Waals surface area contributed by atoms with E-state index < -0.39 is 16.4 Å². The number of halogens is 2. The molecular weight excluding hydrogens is 319 g/mol. The SMILES string of the molecule is O=[N+]([O-])c1ccc(OCc2ccccn2)c(Br)c1F. The number of hydrogen-bond acceptors (Lipinski definition) is 4. The molecule has 1 aromatic heterocycles. The van der Waals surface area contributed by atoms with Crippen LogP contribution in [0.1, 0.15) is 5.69 Å². The topological polar surface area (TPSA) is 65.3 Å². The Bertz CT molecular complexity index is 607. The van der Waals surface area contributed by atoms with Crippen molar-refractivity contribution in [1.82, 2.24) is 4.98 Å². The minimum Gasteiger partial charge on any atom is -0.486 e. The fraction of sp³-hybridized carbons (Fsp3) is 0.0833. The number of nitro groups is 1. The van der Waals surface area contributed by atoms with Crippen molar-refractivity contribution < 1.29 is 14.1 Å². The largest absolute Gasteiger partial charge is 0.486 e. The standard InChI is InChI=1S/C12H8BrFN2O3/c13-11-10(5-4-9(12(11)14)16(17)18)19-7-8-3-1-2-6-15-8/h1-6H,7H2. The van der Waals surface area contributed by atoms with E-state index in [2.05, 4.69) is 20.9 Å². The monoisotopic (exact) mass is 326 g/mol. The van der Waals surface area contributed by atoms with Crippen LogP contribution in [0.2, 0.25) is 0 Å². The number of ether oxygens (including phenoxy) is 1. The maximum atomic E-state index is 13.7. The Hall–Kier alpha value is -2.02. The Labute approximate surface area is 116 Å². The molecule has 0 aliphatic rings. The first-order valence-electron chi connectivity index (χ1n) is 5.24. The molecule has 0 saturated heterocycles. The summed E-state index contributed by atoms with van der Waals surface area (Å²) in [5, 5.41) is 10.6. The smallest absolute Gasteiger partial charge is 0.306 e. The lowest BCUT2D eigenvalue weighted by molar-refractivity contribution is -0.387. The van der Waals surface area contributed by atoms with Crippen molar-refractivity contribution in [3.05, 3.63) is 62.6 Å². The number of benzene rings is 1. The second-order valence-electron chi connectivity index (χ2n) is 3.58. The normalized spacial score (nSPS) is 10.2. The van der Waals surface area contributed by atoms with Gasteiger partial charge in [-0.05, 0) is 34.1 Å². The van der Waals surface area contributed by atoms with Gasteiger partial charge in [0.1, 0.15) is 16.8 Å². The number of aromatic nitrogens is 1. The van der Waals surface area contributed by atoms with Crippen LogP contribution < -0.4 is 4.74 Å². The Morgan fingerprint density at radius 1 is 1.37 bits per heavy atom. The molecule has 0 atom stereocenters. The summed E-state index contributed by atoms with van der Waals surface area (Å²) in [5.41, 5.74) is 0.0743. The van der Waals surface area contributed by atoms with Gasteiger partial charge < -0.3 is 4.74 Å². The van der Waals surface area contributed by atoms with Crippen molar-refractivity contribution in [2.24, 2.45) is 0 Å². The van der Waals surface area contributed by atoms with E-state index in [9.17, 15) is 14.5 Å². The van der Waals surface area contributed by atoms with Gasteiger partial charge in [-0.1, -0.05) is 6.07 Å². The molecule has 0 amide bonds. The fourth-order valence-corrected chi connectivity index (χ4v) is 1.86. The third-order valence-electron chi connectivity index (χ3n) is 2.32. The van der Waals surface area contributed by atoms with E-state index in [0.717, 1.165) is 6.07 Å². The van der Waals surface area contributed by atoms with Gasteiger partial charge in [-0.2, -0.15) is 4.39 Å². The van der Waals surface area contributed by atoms with Crippen LogP contribution in [0.3, 0.4) is 0 Å². The summed E-state index contributed by atoms with van der Waals surface area (Å²) >= 11 is 2.95. The van der Waals surface area contributed by atoms with Crippen LogP contribution in [0.5, 0.6) is 5.75 Å². The van der Waals surface area contributed by atoms with Crippen LogP contribution in [0.15, 0.2) is 41.0 Å². The van der Waals surface area contributed by atoms with Gasteiger partial charge in [-0.25, -0.2) is 0 Å². The molecule has 0 saturated carbocycles. The van der Waals surface area contributed by atoms with Crippen LogP contribution in [-0.2, 0) is 6.61 Å². The van der Waals surface area contributed by atoms with E-state index in [4.69, 9.17) is 4.74 Å². The molecule has 0 aliphatic carbocycles. The number of pyridine rings is 1. The lowest BCUT2D eigenvalue weighted by atomic mass is 10.3. The highest BCUT2D eigenvalue weighted by atomic mass is 79.9. The maximum Gasteiger partial charge on any atom is 0.306 e. The number of nitrogens with zero attached hydrogens (tertiary/aromatic N) is 2. The second-order valence-corrected chi connectivity index (χ2v) is 4.37. The van der Waals surface area contributed by atoms with E-state index in [1.54, 1.807) is 24.4 Å². The third kappa shape index (κ3) is 3.05. The molecule has 1 aromatic carbocycles. The van der Waals surface area contributed by atoms with Gasteiger partial charge in [0.15, 0.2) is 0 Å². The number of hydrogen-bond donors (Lipinski definition) is 0. The van der Waals surface area contributed by atoms with Crippen molar-refractivity contribution in [3.8, 4) is 5.75 Å². The van der Waals surface area contributed by atoms with Gasteiger partial charge >= 0.3 is 5.69 Å². The van der Waals surface area contributed by atoms with Gasteiger partial charge in [0.25, 0.3) is 0 Å². The Kier molecular flexibility index (Phi) is 4.06. The zero-order valence-corrected chi connectivity index (χ0v) is 11.1. The highest BCUT2D eigenvalue weighted by Crippen LogP contribution is 2.33. The molecule has 5 nitrogen and oxygen atoms in total. The molecule has 0 fully saturated rings. The fourth-order valence-electron chi connectivity index (χ4n) is 1.41. The van der Waals surface area contributed by atoms with E-state index in [-0.39, 0.29) is 16.8 Å². The van der Waals surface area contributed by atoms with Gasteiger partial charge in [0, 0.05) is 12.3 Å². The van der Waals surface area contributed by atoms with Crippen LogP contribution >= 0.6 is 15.9 Å². The lowest BCUT2D eigenvalue weighted by Gasteiger charge is -2.08. The molecule has 98 valence electrons. The van der Waals surface area contributed by atoms with Crippen LogP contribution in [0.25, 0.3) is 0 Å². The molecule has 0 unspecified atom stereocenters. The molecule has 0 bridgehead atoms. The molecule has 7 heteroatoms. The summed E-state index contributed by atoms with van der Waals surface area (Å²) in [6, 6.07) is 7.74. The summed E-state index contributed by atoms with van der Waals surface area (Å²) in [7, 11) is 0. The van der Waals surface area contributed by atoms with Crippen LogP contribution in [0.4, 0.5) is 10.1 Å². The predicted molar refractivity (Wildman–Crippen MR) is 69.3 cm³/mol. The molecular formula is C12H8BrFN2O3. The minimum absolute atomic E-state index is 0.0716. The highest BCUT2D eigenvalue weighted by Gasteiger charge is 2.20. The Balaban J connectivity index is 2.18. The van der Waals surface area contributed by atoms with Crippen molar-refractivity contribution in [2.75, 3.05) is 0 Å². The molecule has 0 radical (unpaired) electrons. The third-order valence-corrected chi connectivity index (χ3v) is 3.06. The zero-order chi connectivity index (χ0) is 13.8. The highest BCUT2D eigenvalue weighted by molar-refractivity contribution is 9.10. The second kappa shape index (κ2) is 5.75. The van der Waals surface area contributed by atoms with Crippen molar-refractivity contribution >= 4 is 21.6 Å². The first-order chi connectivity index (χ1) is 9.09. The quantitative estimate of drug-likeness (QED) is 0.637. The molecule has 2 rings (SSSR count). The zero-order valence-electron chi connectivity index (χ0n) is 9.55. The van der Waals surface area contributed by atoms with E-state index in [0.29, 0.717) is 5.69 Å². The molecule has 0 spiro atoms. The summed E-state index contributed by atoms with van der Waals surface area (Å²) < 4.78 is 18.9. The number of nitro benzene ring substituents is 1. The molecule has 1 heterocycles. The summed E-state index contributed by atoms with van der Waals surface area (Å²) in [4.78, 5) is 13.8. The lowest BCUT2D eigenvalue weighted by Crippen LogP contribution is -2.00. The van der Waals surface area contributed by atoms with Gasteiger partial charge in [0.2, 0.25) is 5.82 Å². The van der Waals surface area contributed by atoms with E-state index in [1.807, 2.05) is 0 Å². The van der Waals surface area contributed by atoms with Crippen LogP contribution in [-0.4, -0.2) is 9.91 Å². The van der Waals surface area contributed by atoms with Gasteiger partial charge in [-0.15, -0.1) is 0 Å². The minimum atomic E-state index is -0.955. The van der Waals surface area contributed by atoms with E-state index >= 15 is 0 Å². The first kappa shape index (κ1) is 13.4.